The molecule has 1 aliphatic heterocycles. The standard InChI is InChI=1S/C19H19N3O3S/c20-12-14-4-3-11-22(13-14)19(23)16-9-7-15(8-10-16)17-5-1-2-6-18(17)26(21,24)25/h1-2,5-10,14H,3-4,11,13H2,(H2,21,24,25). The molecule has 0 spiro atoms. The number of amides is 1. The minimum atomic E-state index is -3.84. The van der Waals surface area contributed by atoms with Gasteiger partial charge >= 0.3 is 0 Å². The molecular formula is C19H19N3O3S. The second-order valence-electron chi connectivity index (χ2n) is 6.34. The Labute approximate surface area is 152 Å². The topological polar surface area (TPSA) is 104 Å². The van der Waals surface area contributed by atoms with Crippen LogP contribution in [-0.2, 0) is 10.0 Å². The Kier molecular flexibility index (Phi) is 5.07. The average molecular weight is 369 g/mol. The largest absolute Gasteiger partial charge is 0.337 e. The Morgan fingerprint density at radius 1 is 1.15 bits per heavy atom. The van der Waals surface area contributed by atoms with E-state index < -0.39 is 10.0 Å². The number of hydrogen-bond donors (Lipinski definition) is 1. The lowest BCUT2D eigenvalue weighted by Crippen LogP contribution is -2.39. The van der Waals surface area contributed by atoms with Crippen LogP contribution >= 0.6 is 0 Å². The van der Waals surface area contributed by atoms with Crippen molar-refractivity contribution >= 4 is 15.9 Å². The van der Waals surface area contributed by atoms with Gasteiger partial charge in [0.25, 0.3) is 5.91 Å². The molecule has 2 N–H and O–H groups in total. The maximum atomic E-state index is 12.6. The Morgan fingerprint density at radius 2 is 1.85 bits per heavy atom. The third kappa shape index (κ3) is 3.77. The third-order valence-corrected chi connectivity index (χ3v) is 5.50. The van der Waals surface area contributed by atoms with Crippen molar-refractivity contribution in [2.45, 2.75) is 17.7 Å². The van der Waals surface area contributed by atoms with E-state index in [-0.39, 0.29) is 16.7 Å². The van der Waals surface area contributed by atoms with Crippen LogP contribution in [0.1, 0.15) is 23.2 Å². The van der Waals surface area contributed by atoms with Crippen LogP contribution < -0.4 is 5.14 Å². The number of piperidine rings is 1. The van der Waals surface area contributed by atoms with Crippen molar-refractivity contribution in [2.75, 3.05) is 13.1 Å². The SMILES string of the molecule is N#CC1CCCN(C(=O)c2ccc(-c3ccccc3S(N)(=O)=O)cc2)C1. The second kappa shape index (κ2) is 7.28. The summed E-state index contributed by atoms with van der Waals surface area (Å²) in [7, 11) is -3.84. The fourth-order valence-corrected chi connectivity index (χ4v) is 3.96. The number of carbonyl (C=O) groups excluding carboxylic acids is 1. The van der Waals surface area contributed by atoms with Crippen molar-refractivity contribution in [3.05, 3.63) is 54.1 Å². The summed E-state index contributed by atoms with van der Waals surface area (Å²) < 4.78 is 23.5. The first-order valence-electron chi connectivity index (χ1n) is 8.31. The van der Waals surface area contributed by atoms with Crippen LogP contribution in [0.5, 0.6) is 0 Å². The molecule has 1 heterocycles. The van der Waals surface area contributed by atoms with E-state index in [9.17, 15) is 13.2 Å². The molecule has 1 aliphatic rings. The number of benzene rings is 2. The van der Waals surface area contributed by atoms with Crippen LogP contribution in [0.2, 0.25) is 0 Å². The molecule has 3 rings (SSSR count). The van der Waals surface area contributed by atoms with Crippen LogP contribution in [0.15, 0.2) is 53.4 Å². The number of sulfonamides is 1. The monoisotopic (exact) mass is 369 g/mol. The predicted molar refractivity (Wildman–Crippen MR) is 97.5 cm³/mol. The van der Waals surface area contributed by atoms with Gasteiger partial charge < -0.3 is 4.90 Å². The molecule has 26 heavy (non-hydrogen) atoms. The zero-order valence-corrected chi connectivity index (χ0v) is 14.9. The molecule has 0 bridgehead atoms. The van der Waals surface area contributed by atoms with Crippen LogP contribution in [0, 0.1) is 17.2 Å². The molecule has 0 radical (unpaired) electrons. The molecule has 1 unspecified atom stereocenters. The molecule has 2 aromatic carbocycles. The van der Waals surface area contributed by atoms with E-state index in [1.165, 1.54) is 6.07 Å². The number of nitrogens with zero attached hydrogens (tertiary/aromatic N) is 2. The highest BCUT2D eigenvalue weighted by atomic mass is 32.2. The zero-order valence-electron chi connectivity index (χ0n) is 14.1. The predicted octanol–water partition coefficient (Wildman–Crippen LogP) is 2.38. The Morgan fingerprint density at radius 3 is 2.50 bits per heavy atom. The van der Waals surface area contributed by atoms with E-state index in [4.69, 9.17) is 10.4 Å². The fraction of sp³-hybridized carbons (Fsp3) is 0.263. The minimum Gasteiger partial charge on any atom is -0.337 e. The minimum absolute atomic E-state index is 0.0481. The number of hydrogen-bond acceptors (Lipinski definition) is 4. The molecule has 1 saturated heterocycles. The summed E-state index contributed by atoms with van der Waals surface area (Å²) in [6, 6.07) is 15.5. The van der Waals surface area contributed by atoms with E-state index in [1.807, 2.05) is 0 Å². The molecule has 7 heteroatoms. The third-order valence-electron chi connectivity index (χ3n) is 4.53. The van der Waals surface area contributed by atoms with Crippen molar-refractivity contribution < 1.29 is 13.2 Å². The molecule has 1 atom stereocenters. The molecule has 0 saturated carbocycles. The number of carbonyl (C=O) groups is 1. The lowest BCUT2D eigenvalue weighted by atomic mass is 9.98. The van der Waals surface area contributed by atoms with Gasteiger partial charge in [-0.05, 0) is 36.6 Å². The highest BCUT2D eigenvalue weighted by Gasteiger charge is 2.24. The van der Waals surface area contributed by atoms with E-state index >= 15 is 0 Å². The quantitative estimate of drug-likeness (QED) is 0.897. The van der Waals surface area contributed by atoms with Gasteiger partial charge in [0.1, 0.15) is 0 Å². The summed E-state index contributed by atoms with van der Waals surface area (Å²) in [5, 5.41) is 14.3. The van der Waals surface area contributed by atoms with Crippen molar-refractivity contribution in [2.24, 2.45) is 11.1 Å². The normalized spacial score (nSPS) is 17.5. The first-order valence-corrected chi connectivity index (χ1v) is 9.86. The molecule has 134 valence electrons. The fourth-order valence-electron chi connectivity index (χ4n) is 3.20. The zero-order chi connectivity index (χ0) is 18.7. The summed E-state index contributed by atoms with van der Waals surface area (Å²) in [5.41, 5.74) is 1.68. The number of nitriles is 1. The van der Waals surface area contributed by atoms with Crippen molar-refractivity contribution in [1.82, 2.24) is 4.90 Å². The number of likely N-dealkylation sites (tertiary alicyclic amines) is 1. The van der Waals surface area contributed by atoms with Gasteiger partial charge in [0.2, 0.25) is 10.0 Å². The van der Waals surface area contributed by atoms with Gasteiger partial charge in [0.05, 0.1) is 16.9 Å². The first kappa shape index (κ1) is 18.1. The molecule has 1 amide bonds. The summed E-state index contributed by atoms with van der Waals surface area (Å²) in [4.78, 5) is 14.4. The van der Waals surface area contributed by atoms with Gasteiger partial charge in [0, 0.05) is 24.2 Å². The maximum Gasteiger partial charge on any atom is 0.253 e. The van der Waals surface area contributed by atoms with Gasteiger partial charge in [0.15, 0.2) is 0 Å². The first-order chi connectivity index (χ1) is 12.4. The summed E-state index contributed by atoms with van der Waals surface area (Å²) in [6.45, 7) is 1.10. The van der Waals surface area contributed by atoms with Crippen LogP contribution in [-0.4, -0.2) is 32.3 Å². The maximum absolute atomic E-state index is 12.6. The molecule has 0 aliphatic carbocycles. The molecule has 0 aromatic heterocycles. The van der Waals surface area contributed by atoms with Gasteiger partial charge in [-0.25, -0.2) is 13.6 Å². The highest BCUT2D eigenvalue weighted by molar-refractivity contribution is 7.89. The van der Waals surface area contributed by atoms with E-state index in [2.05, 4.69) is 6.07 Å². The lowest BCUT2D eigenvalue weighted by molar-refractivity contribution is 0.0699. The van der Waals surface area contributed by atoms with E-state index in [1.54, 1.807) is 47.4 Å². The number of primary sulfonamides is 1. The lowest BCUT2D eigenvalue weighted by Gasteiger charge is -2.29. The molecule has 2 aromatic rings. The Balaban J connectivity index is 1.86. The number of nitrogens with two attached hydrogens (primary N) is 1. The van der Waals surface area contributed by atoms with E-state index in [0.717, 1.165) is 12.8 Å². The van der Waals surface area contributed by atoms with E-state index in [0.29, 0.717) is 29.8 Å². The molecule has 6 nitrogen and oxygen atoms in total. The van der Waals surface area contributed by atoms with Crippen molar-refractivity contribution in [3.63, 3.8) is 0 Å². The van der Waals surface area contributed by atoms with Gasteiger partial charge in [-0.1, -0.05) is 30.3 Å². The van der Waals surface area contributed by atoms with Crippen molar-refractivity contribution in [3.8, 4) is 17.2 Å². The Hall–Kier alpha value is -2.69. The molecule has 1 fully saturated rings. The van der Waals surface area contributed by atoms with Crippen LogP contribution in [0.3, 0.4) is 0 Å². The number of rotatable bonds is 3. The molecular weight excluding hydrogens is 350 g/mol. The second-order valence-corrected chi connectivity index (χ2v) is 7.87. The smallest absolute Gasteiger partial charge is 0.253 e. The summed E-state index contributed by atoms with van der Waals surface area (Å²) >= 11 is 0. The van der Waals surface area contributed by atoms with Gasteiger partial charge in [-0.3, -0.25) is 4.79 Å². The van der Waals surface area contributed by atoms with Crippen molar-refractivity contribution in [1.29, 1.82) is 5.26 Å². The van der Waals surface area contributed by atoms with Gasteiger partial charge in [-0.15, -0.1) is 0 Å². The summed E-state index contributed by atoms with van der Waals surface area (Å²) in [5.74, 6) is -0.232. The van der Waals surface area contributed by atoms with Gasteiger partial charge in [-0.2, -0.15) is 5.26 Å². The Bertz CT molecular complexity index is 962. The van der Waals surface area contributed by atoms with Crippen LogP contribution in [0.4, 0.5) is 0 Å². The highest BCUT2D eigenvalue weighted by Crippen LogP contribution is 2.27. The average Bonchev–Trinajstić information content (AvgIpc) is 2.67. The van der Waals surface area contributed by atoms with Crippen LogP contribution in [0.25, 0.3) is 11.1 Å². The summed E-state index contributed by atoms with van der Waals surface area (Å²) in [6.07, 6.45) is 1.65.